The lowest BCUT2D eigenvalue weighted by atomic mass is 9.86. The van der Waals surface area contributed by atoms with Gasteiger partial charge in [-0.15, -0.1) is 0 Å². The van der Waals surface area contributed by atoms with E-state index < -0.39 is 0 Å². The largest absolute Gasteiger partial charge is 0.306 e. The van der Waals surface area contributed by atoms with Gasteiger partial charge in [-0.25, -0.2) is 0 Å². The normalized spacial score (nSPS) is 31.1. The third-order valence-electron chi connectivity index (χ3n) is 7.93. The van der Waals surface area contributed by atoms with E-state index in [-0.39, 0.29) is 0 Å². The second-order valence-electron chi connectivity index (χ2n) is 11.1. The summed E-state index contributed by atoms with van der Waals surface area (Å²) in [7, 11) is 2.26. The molecule has 0 aromatic rings. The molecule has 4 rings (SSSR count). The highest BCUT2D eigenvalue weighted by Gasteiger charge is 2.42. The molecular weight excluding hydrogens is 392 g/mol. The highest BCUT2D eigenvalue weighted by molar-refractivity contribution is 4.97. The average Bonchev–Trinajstić information content (AvgIpc) is 3.49. The number of fused-ring (bicyclic) bond motifs is 1. The van der Waals surface area contributed by atoms with Crippen LogP contribution in [0.3, 0.4) is 0 Å². The minimum absolute atomic E-state index is 0.666. The van der Waals surface area contributed by atoms with E-state index in [0.29, 0.717) is 5.41 Å². The van der Waals surface area contributed by atoms with Gasteiger partial charge in [0.15, 0.2) is 0 Å². The lowest BCUT2D eigenvalue weighted by Crippen LogP contribution is -2.49. The van der Waals surface area contributed by atoms with Gasteiger partial charge in [0.2, 0.25) is 0 Å². The maximum Gasteiger partial charge on any atom is 0.0255 e. The van der Waals surface area contributed by atoms with Crippen molar-refractivity contribution in [3.63, 3.8) is 0 Å². The number of hydrogen-bond donors (Lipinski definition) is 0. The topological polar surface area (TPSA) is 13.0 Å². The Hall–Kier alpha value is -0.160. The first-order valence-electron chi connectivity index (χ1n) is 14.2. The molecular formula is C28H60N4. The quantitative estimate of drug-likeness (QED) is 0.546. The Kier molecular flexibility index (Phi) is 14.0. The number of likely N-dealkylation sites (tertiary alicyclic amines) is 4. The molecule has 4 aliphatic rings. The van der Waals surface area contributed by atoms with E-state index in [9.17, 15) is 0 Å². The van der Waals surface area contributed by atoms with E-state index in [1.54, 1.807) is 0 Å². The molecule has 192 valence electrons. The zero-order valence-corrected chi connectivity index (χ0v) is 23.8. The first kappa shape index (κ1) is 29.9. The van der Waals surface area contributed by atoms with Crippen LogP contribution >= 0.6 is 0 Å². The summed E-state index contributed by atoms with van der Waals surface area (Å²) in [6, 6.07) is 2.34. The lowest BCUT2D eigenvalue weighted by molar-refractivity contribution is 0.0909. The highest BCUT2D eigenvalue weighted by Crippen LogP contribution is 2.39. The predicted molar refractivity (Wildman–Crippen MR) is 144 cm³/mol. The molecule has 0 aliphatic carbocycles. The minimum atomic E-state index is 0.666. The summed E-state index contributed by atoms with van der Waals surface area (Å²) >= 11 is 0. The molecule has 4 aliphatic heterocycles. The number of hydrogen-bond acceptors (Lipinski definition) is 4. The van der Waals surface area contributed by atoms with E-state index in [1.807, 2.05) is 13.8 Å². The van der Waals surface area contributed by atoms with Gasteiger partial charge in [0, 0.05) is 37.8 Å². The summed E-state index contributed by atoms with van der Waals surface area (Å²) in [4.78, 5) is 10.5. The molecule has 0 bridgehead atoms. The van der Waals surface area contributed by atoms with Crippen LogP contribution < -0.4 is 0 Å². The Balaban J connectivity index is 0.000000268. The van der Waals surface area contributed by atoms with Crippen molar-refractivity contribution in [1.82, 2.24) is 19.6 Å². The van der Waals surface area contributed by atoms with E-state index in [1.165, 1.54) is 84.5 Å². The summed E-state index contributed by atoms with van der Waals surface area (Å²) in [5.41, 5.74) is 0.666. The van der Waals surface area contributed by atoms with Crippen LogP contribution in [0.1, 0.15) is 94.4 Å². The summed E-state index contributed by atoms with van der Waals surface area (Å²) in [6.45, 7) is 30.4. The standard InChI is InChI=1S/C12H24N2.C11H22N2.C3H8.C2H6/c1-4-13-7-5-11-6-8-14(10(2)3)12(11)9-13;1-10(2)13-7-5-11(9-13)4-6-12(3)8-11;1-3-2;1-2/h10-12H,4-9H2,1-3H3;10H,4-9H2,1-3H3;3H2,1-2H3;1-2H3. The monoisotopic (exact) mass is 452 g/mol. The zero-order valence-electron chi connectivity index (χ0n) is 23.8. The van der Waals surface area contributed by atoms with Crippen molar-refractivity contribution in [2.45, 2.75) is 113 Å². The van der Waals surface area contributed by atoms with Crippen LogP contribution in [0.2, 0.25) is 0 Å². The van der Waals surface area contributed by atoms with Gasteiger partial charge in [-0.3, -0.25) is 4.90 Å². The van der Waals surface area contributed by atoms with Crippen LogP contribution in [0, 0.1) is 11.3 Å². The molecule has 4 saturated heterocycles. The molecule has 0 N–H and O–H groups in total. The van der Waals surface area contributed by atoms with E-state index >= 15 is 0 Å². The van der Waals surface area contributed by atoms with Crippen molar-refractivity contribution >= 4 is 0 Å². The van der Waals surface area contributed by atoms with Crippen LogP contribution in [-0.4, -0.2) is 97.1 Å². The van der Waals surface area contributed by atoms with Gasteiger partial charge in [-0.05, 0) is 104 Å². The van der Waals surface area contributed by atoms with Gasteiger partial charge in [-0.2, -0.15) is 0 Å². The van der Waals surface area contributed by atoms with Crippen LogP contribution in [0.4, 0.5) is 0 Å². The highest BCUT2D eigenvalue weighted by atomic mass is 15.3. The SMILES string of the molecule is CC.CC(C)N1CCC2(CCN(C)C2)C1.CCC.CCN1CCC2CCN(C(C)C)C2C1. The zero-order chi connectivity index (χ0) is 24.3. The van der Waals surface area contributed by atoms with Gasteiger partial charge in [0.05, 0.1) is 0 Å². The van der Waals surface area contributed by atoms with Gasteiger partial charge in [-0.1, -0.05) is 41.0 Å². The van der Waals surface area contributed by atoms with Gasteiger partial charge in [0.25, 0.3) is 0 Å². The Bertz CT molecular complexity index is 480. The van der Waals surface area contributed by atoms with E-state index in [0.717, 1.165) is 24.0 Å². The molecule has 4 heterocycles. The van der Waals surface area contributed by atoms with Gasteiger partial charge >= 0.3 is 0 Å². The predicted octanol–water partition coefficient (Wildman–Crippen LogP) is 5.68. The Morgan fingerprint density at radius 2 is 1.41 bits per heavy atom. The Morgan fingerprint density at radius 3 is 1.88 bits per heavy atom. The van der Waals surface area contributed by atoms with E-state index in [2.05, 4.69) is 75.1 Å². The van der Waals surface area contributed by atoms with Crippen LogP contribution in [0.15, 0.2) is 0 Å². The summed E-state index contributed by atoms with van der Waals surface area (Å²) in [5, 5.41) is 0. The van der Waals surface area contributed by atoms with Crippen LogP contribution in [-0.2, 0) is 0 Å². The van der Waals surface area contributed by atoms with Crippen molar-refractivity contribution < 1.29 is 0 Å². The Labute approximate surface area is 203 Å². The average molecular weight is 453 g/mol. The van der Waals surface area contributed by atoms with Crippen molar-refractivity contribution in [2.24, 2.45) is 11.3 Å². The fraction of sp³-hybridized carbons (Fsp3) is 1.00. The third kappa shape index (κ3) is 8.56. The number of nitrogens with zero attached hydrogens (tertiary/aromatic N) is 4. The molecule has 0 saturated carbocycles. The molecule has 32 heavy (non-hydrogen) atoms. The minimum Gasteiger partial charge on any atom is -0.306 e. The summed E-state index contributed by atoms with van der Waals surface area (Å²) in [5.74, 6) is 1.00. The first-order chi connectivity index (χ1) is 15.2. The molecule has 4 heteroatoms. The Morgan fingerprint density at radius 1 is 0.812 bits per heavy atom. The van der Waals surface area contributed by atoms with Crippen molar-refractivity contribution in [2.75, 3.05) is 59.4 Å². The number of rotatable bonds is 3. The van der Waals surface area contributed by atoms with Crippen LogP contribution in [0.5, 0.6) is 0 Å². The second-order valence-corrected chi connectivity index (χ2v) is 11.1. The molecule has 4 nitrogen and oxygen atoms in total. The maximum atomic E-state index is 2.71. The number of piperidine rings is 1. The molecule has 3 unspecified atom stereocenters. The molecule has 1 spiro atoms. The van der Waals surface area contributed by atoms with Crippen molar-refractivity contribution in [3.05, 3.63) is 0 Å². The molecule has 0 aromatic carbocycles. The molecule has 3 atom stereocenters. The van der Waals surface area contributed by atoms with Crippen LogP contribution in [0.25, 0.3) is 0 Å². The lowest BCUT2D eigenvalue weighted by Gasteiger charge is -2.39. The van der Waals surface area contributed by atoms with Gasteiger partial charge < -0.3 is 14.7 Å². The first-order valence-corrected chi connectivity index (χ1v) is 14.2. The van der Waals surface area contributed by atoms with Crippen molar-refractivity contribution in [1.29, 1.82) is 0 Å². The third-order valence-corrected chi connectivity index (χ3v) is 7.93. The number of likely N-dealkylation sites (N-methyl/N-ethyl adjacent to an activating group) is 1. The van der Waals surface area contributed by atoms with Gasteiger partial charge in [0.1, 0.15) is 0 Å². The maximum absolute atomic E-state index is 2.71. The fourth-order valence-corrected chi connectivity index (χ4v) is 6.07. The summed E-state index contributed by atoms with van der Waals surface area (Å²) < 4.78 is 0. The van der Waals surface area contributed by atoms with E-state index in [4.69, 9.17) is 0 Å². The molecule has 0 amide bonds. The second kappa shape index (κ2) is 15.0. The molecule has 0 aromatic heterocycles. The summed E-state index contributed by atoms with van der Waals surface area (Å²) in [6.07, 6.45) is 6.98. The smallest absolute Gasteiger partial charge is 0.0255 e. The molecule has 0 radical (unpaired) electrons. The van der Waals surface area contributed by atoms with Crippen molar-refractivity contribution in [3.8, 4) is 0 Å². The fourth-order valence-electron chi connectivity index (χ4n) is 6.07. The molecule has 4 fully saturated rings.